The van der Waals surface area contributed by atoms with Crippen molar-refractivity contribution in [3.05, 3.63) is 70.8 Å². The number of nitrogens with zero attached hydrogens (tertiary/aromatic N) is 2. The Morgan fingerprint density at radius 1 is 1.08 bits per heavy atom. The van der Waals surface area contributed by atoms with Gasteiger partial charge in [0.05, 0.1) is 16.5 Å². The lowest BCUT2D eigenvalue weighted by Crippen LogP contribution is -2.37. The van der Waals surface area contributed by atoms with E-state index in [4.69, 9.17) is 5.26 Å². The average Bonchev–Trinajstić information content (AvgIpc) is 3.08. The Kier molecular flexibility index (Phi) is 10.3. The number of rotatable bonds is 7. The minimum atomic E-state index is -3.17. The van der Waals surface area contributed by atoms with E-state index >= 15 is 0 Å². The van der Waals surface area contributed by atoms with Crippen LogP contribution in [0.3, 0.4) is 0 Å². The van der Waals surface area contributed by atoms with Crippen LogP contribution in [-0.2, 0) is 27.5 Å². The van der Waals surface area contributed by atoms with Crippen molar-refractivity contribution in [2.45, 2.75) is 55.9 Å². The number of sulfone groups is 1. The molecular formula is C29H36ClN3O3S. The average molecular weight is 542 g/mol. The summed E-state index contributed by atoms with van der Waals surface area (Å²) in [5.41, 5.74) is 3.87. The van der Waals surface area contributed by atoms with Gasteiger partial charge in [0, 0.05) is 31.5 Å². The fourth-order valence-corrected chi connectivity index (χ4v) is 5.97. The number of nitrogens with one attached hydrogen (secondary N) is 1. The van der Waals surface area contributed by atoms with Gasteiger partial charge in [-0.25, -0.2) is 8.42 Å². The molecule has 2 aromatic rings. The van der Waals surface area contributed by atoms with Crippen LogP contribution in [0.15, 0.2) is 53.4 Å². The number of benzene rings is 2. The summed E-state index contributed by atoms with van der Waals surface area (Å²) in [5, 5.41) is 12.1. The summed E-state index contributed by atoms with van der Waals surface area (Å²) in [6.45, 7) is 3.05. The van der Waals surface area contributed by atoms with Crippen LogP contribution in [0.25, 0.3) is 6.08 Å². The molecule has 0 radical (unpaired) electrons. The Labute approximate surface area is 227 Å². The third-order valence-corrected chi connectivity index (χ3v) is 8.60. The van der Waals surface area contributed by atoms with Crippen molar-refractivity contribution < 1.29 is 13.2 Å². The largest absolute Gasteiger partial charge is 0.350 e. The molecule has 0 bridgehead atoms. The minimum absolute atomic E-state index is 0. The van der Waals surface area contributed by atoms with E-state index in [0.29, 0.717) is 16.4 Å². The predicted octanol–water partition coefficient (Wildman–Crippen LogP) is 4.56. The van der Waals surface area contributed by atoms with Crippen LogP contribution >= 0.6 is 12.4 Å². The minimum Gasteiger partial charge on any atom is -0.350 e. The molecule has 1 heterocycles. The molecule has 2 aliphatic rings. The van der Waals surface area contributed by atoms with Crippen molar-refractivity contribution in [2.24, 2.45) is 5.92 Å². The van der Waals surface area contributed by atoms with E-state index in [1.165, 1.54) is 23.8 Å². The molecule has 2 aromatic carbocycles. The van der Waals surface area contributed by atoms with E-state index in [1.54, 1.807) is 30.4 Å². The van der Waals surface area contributed by atoms with E-state index in [0.717, 1.165) is 63.7 Å². The van der Waals surface area contributed by atoms with Crippen LogP contribution in [0, 0.1) is 17.2 Å². The molecule has 0 aromatic heterocycles. The molecule has 1 fully saturated rings. The van der Waals surface area contributed by atoms with Gasteiger partial charge in [-0.05, 0) is 104 Å². The Hall–Kier alpha value is -2.66. The van der Waals surface area contributed by atoms with Crippen LogP contribution in [0.1, 0.15) is 54.4 Å². The van der Waals surface area contributed by atoms with Gasteiger partial charge in [0.15, 0.2) is 9.84 Å². The Bertz CT molecular complexity index is 1260. The number of halogens is 1. The molecule has 37 heavy (non-hydrogen) atoms. The first-order valence-corrected chi connectivity index (χ1v) is 14.7. The smallest absolute Gasteiger partial charge is 0.244 e. The zero-order chi connectivity index (χ0) is 25.5. The molecule has 1 aliphatic heterocycles. The van der Waals surface area contributed by atoms with Gasteiger partial charge in [0.1, 0.15) is 0 Å². The normalized spacial score (nSPS) is 20.3. The summed E-state index contributed by atoms with van der Waals surface area (Å²) in [5.74, 6) is 0.605. The quantitative estimate of drug-likeness (QED) is 0.519. The molecule has 1 amide bonds. The van der Waals surface area contributed by atoms with Gasteiger partial charge in [-0.15, -0.1) is 12.4 Å². The number of nitriles is 1. The van der Waals surface area contributed by atoms with Gasteiger partial charge < -0.3 is 10.2 Å². The lowest BCUT2D eigenvalue weighted by atomic mass is 9.84. The first-order valence-electron chi connectivity index (χ1n) is 12.8. The van der Waals surface area contributed by atoms with Crippen LogP contribution in [0.4, 0.5) is 0 Å². The number of hydrogen-bond donors (Lipinski definition) is 1. The Morgan fingerprint density at radius 2 is 1.81 bits per heavy atom. The highest BCUT2D eigenvalue weighted by molar-refractivity contribution is 7.90. The van der Waals surface area contributed by atoms with Crippen molar-refractivity contribution in [3.8, 4) is 6.07 Å². The molecular weight excluding hydrogens is 506 g/mol. The molecule has 0 spiro atoms. The van der Waals surface area contributed by atoms with Crippen LogP contribution < -0.4 is 5.32 Å². The van der Waals surface area contributed by atoms with Gasteiger partial charge in [0.2, 0.25) is 5.91 Å². The van der Waals surface area contributed by atoms with E-state index in [2.05, 4.69) is 16.3 Å². The highest BCUT2D eigenvalue weighted by Crippen LogP contribution is 2.28. The van der Waals surface area contributed by atoms with Crippen LogP contribution in [0.2, 0.25) is 0 Å². The van der Waals surface area contributed by atoms with Crippen molar-refractivity contribution in [2.75, 3.05) is 25.9 Å². The van der Waals surface area contributed by atoms with Gasteiger partial charge in [-0.1, -0.05) is 18.2 Å². The second-order valence-corrected chi connectivity index (χ2v) is 12.1. The molecule has 198 valence electrons. The summed E-state index contributed by atoms with van der Waals surface area (Å²) in [6, 6.07) is 15.1. The Balaban J connectivity index is 0.00000380. The van der Waals surface area contributed by atoms with E-state index in [9.17, 15) is 13.2 Å². The third-order valence-electron chi connectivity index (χ3n) is 7.49. The monoisotopic (exact) mass is 541 g/mol. The number of carbonyl (C=O) groups excluding carboxylic acids is 1. The maximum atomic E-state index is 12.4. The third kappa shape index (κ3) is 8.43. The summed E-state index contributed by atoms with van der Waals surface area (Å²) < 4.78 is 23.8. The van der Waals surface area contributed by atoms with Crippen molar-refractivity contribution in [1.29, 1.82) is 5.26 Å². The van der Waals surface area contributed by atoms with Crippen molar-refractivity contribution in [3.63, 3.8) is 0 Å². The molecule has 4 rings (SSSR count). The molecule has 1 aliphatic carbocycles. The SMILES string of the molecule is CS(=O)(=O)c1ccc2c(c1)CCN(CCC1CCC(NC(=O)/C=C/c3cccc(C#N)c3)CC1)CC2.Cl. The fourth-order valence-electron chi connectivity index (χ4n) is 5.30. The first kappa shape index (κ1) is 28.9. The second-order valence-electron chi connectivity index (χ2n) is 10.1. The maximum absolute atomic E-state index is 12.4. The lowest BCUT2D eigenvalue weighted by molar-refractivity contribution is -0.117. The van der Waals surface area contributed by atoms with Crippen molar-refractivity contribution in [1.82, 2.24) is 10.2 Å². The number of amides is 1. The van der Waals surface area contributed by atoms with Gasteiger partial charge >= 0.3 is 0 Å². The standard InChI is InChI=1S/C29H35N3O3S.ClH/c1-36(34,35)28-11-8-25-14-17-32(18-15-26(25)20-28)16-13-22-5-9-27(10-6-22)31-29(33)12-7-23-3-2-4-24(19-23)21-30;/h2-4,7-8,11-12,19-20,22,27H,5-6,9-10,13-18H2,1H3,(H,31,33);1H/b12-7+;. The molecule has 6 nitrogen and oxygen atoms in total. The van der Waals surface area contributed by atoms with Crippen LogP contribution in [0.5, 0.6) is 0 Å². The summed E-state index contributed by atoms with van der Waals surface area (Å²) in [7, 11) is -3.17. The molecule has 0 unspecified atom stereocenters. The summed E-state index contributed by atoms with van der Waals surface area (Å²) >= 11 is 0. The summed E-state index contributed by atoms with van der Waals surface area (Å²) in [4.78, 5) is 15.3. The highest BCUT2D eigenvalue weighted by Gasteiger charge is 2.23. The summed E-state index contributed by atoms with van der Waals surface area (Å²) in [6.07, 6.45) is 11.9. The van der Waals surface area contributed by atoms with Crippen molar-refractivity contribution >= 4 is 34.2 Å². The molecule has 1 saturated carbocycles. The van der Waals surface area contributed by atoms with Crippen LogP contribution in [-0.4, -0.2) is 51.2 Å². The second kappa shape index (κ2) is 13.2. The Morgan fingerprint density at radius 3 is 2.51 bits per heavy atom. The van der Waals surface area contributed by atoms with Gasteiger partial charge in [0.25, 0.3) is 0 Å². The van der Waals surface area contributed by atoms with Gasteiger partial charge in [-0.3, -0.25) is 4.79 Å². The van der Waals surface area contributed by atoms with E-state index in [1.807, 2.05) is 24.3 Å². The number of carbonyl (C=O) groups is 1. The number of hydrogen-bond acceptors (Lipinski definition) is 5. The molecule has 1 N–H and O–H groups in total. The number of fused-ring (bicyclic) bond motifs is 1. The zero-order valence-corrected chi connectivity index (χ0v) is 23.0. The maximum Gasteiger partial charge on any atom is 0.244 e. The zero-order valence-electron chi connectivity index (χ0n) is 21.4. The molecule has 8 heteroatoms. The first-order chi connectivity index (χ1) is 17.3. The predicted molar refractivity (Wildman–Crippen MR) is 149 cm³/mol. The van der Waals surface area contributed by atoms with E-state index in [-0.39, 0.29) is 24.4 Å². The highest BCUT2D eigenvalue weighted by atomic mass is 35.5. The molecule has 0 saturated heterocycles. The van der Waals surface area contributed by atoms with Gasteiger partial charge in [-0.2, -0.15) is 5.26 Å². The molecule has 0 atom stereocenters. The fraction of sp³-hybridized carbons (Fsp3) is 0.448. The topological polar surface area (TPSA) is 90.3 Å². The lowest BCUT2D eigenvalue weighted by Gasteiger charge is -2.30. The van der Waals surface area contributed by atoms with E-state index < -0.39 is 9.84 Å².